The van der Waals surface area contributed by atoms with Crippen LogP contribution in [0.4, 0.5) is 5.69 Å². The van der Waals surface area contributed by atoms with E-state index in [2.05, 4.69) is 26.1 Å². The number of nitrogens with zero attached hydrogens (tertiary/aromatic N) is 1. The molecular weight excluding hydrogens is 264 g/mol. The molecule has 0 saturated heterocycles. The van der Waals surface area contributed by atoms with Crippen LogP contribution in [-0.4, -0.2) is 11.0 Å². The third-order valence-corrected chi connectivity index (χ3v) is 4.47. The van der Waals surface area contributed by atoms with Crippen LogP contribution in [-0.2, 0) is 0 Å². The Morgan fingerprint density at radius 1 is 1.48 bits per heavy atom. The molecule has 4 nitrogen and oxygen atoms in total. The highest BCUT2D eigenvalue weighted by atomic mass is 16.6. The maximum absolute atomic E-state index is 10.9. The Kier molecular flexibility index (Phi) is 4.99. The van der Waals surface area contributed by atoms with Gasteiger partial charge in [-0.3, -0.25) is 10.1 Å². The van der Waals surface area contributed by atoms with Gasteiger partial charge in [-0.2, -0.15) is 0 Å². The highest BCUT2D eigenvalue weighted by Gasteiger charge is 2.32. The van der Waals surface area contributed by atoms with Crippen LogP contribution in [0.1, 0.15) is 64.5 Å². The number of hydrogen-bond acceptors (Lipinski definition) is 3. The molecule has 0 heterocycles. The molecule has 0 aliphatic heterocycles. The molecule has 1 aromatic rings. The summed E-state index contributed by atoms with van der Waals surface area (Å²) >= 11 is 0. The zero-order valence-corrected chi connectivity index (χ0v) is 13.3. The molecule has 1 aliphatic carbocycles. The van der Waals surface area contributed by atoms with E-state index in [1.165, 1.54) is 19.3 Å². The Labute approximate surface area is 127 Å². The van der Waals surface area contributed by atoms with Crippen molar-refractivity contribution in [2.45, 2.75) is 65.0 Å². The standard InChI is InChI=1S/C17H26N2O2/c1-4-6-16(18-14-9-10-17(2,3)12-14)13-7-5-8-15(11-13)19(20)21/h5,7-8,11,14,16,18H,4,6,9-10,12H2,1-3H3. The lowest BCUT2D eigenvalue weighted by Gasteiger charge is -2.24. The van der Waals surface area contributed by atoms with Gasteiger partial charge in [-0.25, -0.2) is 0 Å². The van der Waals surface area contributed by atoms with Crippen LogP contribution in [0.3, 0.4) is 0 Å². The van der Waals surface area contributed by atoms with Gasteiger partial charge in [0, 0.05) is 24.2 Å². The SMILES string of the molecule is CCCC(NC1CCC(C)(C)C1)c1cccc([N+](=O)[O-])c1. The first-order chi connectivity index (χ1) is 9.91. The minimum absolute atomic E-state index is 0.183. The molecule has 0 amide bonds. The van der Waals surface area contributed by atoms with Gasteiger partial charge in [0.15, 0.2) is 0 Å². The lowest BCUT2D eigenvalue weighted by Crippen LogP contribution is -2.31. The summed E-state index contributed by atoms with van der Waals surface area (Å²) in [6.45, 7) is 6.79. The molecule has 1 aromatic carbocycles. The maximum Gasteiger partial charge on any atom is 0.269 e. The Morgan fingerprint density at radius 3 is 2.81 bits per heavy atom. The Morgan fingerprint density at radius 2 is 2.24 bits per heavy atom. The lowest BCUT2D eigenvalue weighted by molar-refractivity contribution is -0.384. The molecule has 1 saturated carbocycles. The first kappa shape index (κ1) is 16.0. The van der Waals surface area contributed by atoms with E-state index in [4.69, 9.17) is 0 Å². The van der Waals surface area contributed by atoms with Crippen LogP contribution in [0, 0.1) is 15.5 Å². The summed E-state index contributed by atoms with van der Waals surface area (Å²) < 4.78 is 0. The van der Waals surface area contributed by atoms with Gasteiger partial charge >= 0.3 is 0 Å². The molecule has 21 heavy (non-hydrogen) atoms. The van der Waals surface area contributed by atoms with E-state index in [9.17, 15) is 10.1 Å². The maximum atomic E-state index is 10.9. The highest BCUT2D eigenvalue weighted by Crippen LogP contribution is 2.38. The van der Waals surface area contributed by atoms with Gasteiger partial charge in [-0.15, -0.1) is 0 Å². The minimum atomic E-state index is -0.314. The number of benzene rings is 1. The second-order valence-corrected chi connectivity index (χ2v) is 6.96. The fourth-order valence-electron chi connectivity index (χ4n) is 3.35. The third kappa shape index (κ3) is 4.27. The zero-order chi connectivity index (χ0) is 15.5. The molecule has 1 fully saturated rings. The van der Waals surface area contributed by atoms with Crippen molar-refractivity contribution < 1.29 is 4.92 Å². The summed E-state index contributed by atoms with van der Waals surface area (Å²) in [5, 5.41) is 14.7. The molecule has 2 atom stereocenters. The molecule has 0 aromatic heterocycles. The van der Waals surface area contributed by atoms with Crippen molar-refractivity contribution in [2.24, 2.45) is 5.41 Å². The van der Waals surface area contributed by atoms with Crippen LogP contribution in [0.2, 0.25) is 0 Å². The van der Waals surface area contributed by atoms with Crippen LogP contribution in [0.15, 0.2) is 24.3 Å². The number of nitrogens with one attached hydrogen (secondary N) is 1. The molecule has 2 unspecified atom stereocenters. The second-order valence-electron chi connectivity index (χ2n) is 6.96. The largest absolute Gasteiger partial charge is 0.307 e. The molecule has 0 spiro atoms. The summed E-state index contributed by atoms with van der Waals surface area (Å²) in [6, 6.07) is 7.81. The zero-order valence-electron chi connectivity index (χ0n) is 13.3. The van der Waals surface area contributed by atoms with Crippen molar-refractivity contribution >= 4 is 5.69 Å². The van der Waals surface area contributed by atoms with Crippen LogP contribution in [0.25, 0.3) is 0 Å². The van der Waals surface area contributed by atoms with Crippen molar-refractivity contribution in [3.63, 3.8) is 0 Å². The van der Waals surface area contributed by atoms with Gasteiger partial charge < -0.3 is 5.32 Å². The van der Waals surface area contributed by atoms with Crippen molar-refractivity contribution in [3.8, 4) is 0 Å². The molecular formula is C17H26N2O2. The first-order valence-corrected chi connectivity index (χ1v) is 7.92. The second kappa shape index (κ2) is 6.56. The van der Waals surface area contributed by atoms with Crippen LogP contribution in [0.5, 0.6) is 0 Å². The van der Waals surface area contributed by atoms with Gasteiger partial charge in [0.25, 0.3) is 5.69 Å². The topological polar surface area (TPSA) is 55.2 Å². The summed E-state index contributed by atoms with van der Waals surface area (Å²) in [4.78, 5) is 10.6. The molecule has 0 radical (unpaired) electrons. The van der Waals surface area contributed by atoms with Gasteiger partial charge in [-0.1, -0.05) is 39.3 Å². The fourth-order valence-corrected chi connectivity index (χ4v) is 3.35. The van der Waals surface area contributed by atoms with E-state index in [1.54, 1.807) is 18.2 Å². The van der Waals surface area contributed by atoms with Crippen LogP contribution >= 0.6 is 0 Å². The van der Waals surface area contributed by atoms with E-state index in [1.807, 2.05) is 6.07 Å². The van der Waals surface area contributed by atoms with E-state index < -0.39 is 0 Å². The molecule has 116 valence electrons. The van der Waals surface area contributed by atoms with Gasteiger partial charge in [0.05, 0.1) is 4.92 Å². The quantitative estimate of drug-likeness (QED) is 0.615. The van der Waals surface area contributed by atoms with Crippen molar-refractivity contribution in [1.29, 1.82) is 0 Å². The van der Waals surface area contributed by atoms with Crippen molar-refractivity contribution in [3.05, 3.63) is 39.9 Å². The predicted molar refractivity (Wildman–Crippen MR) is 85.3 cm³/mol. The number of hydrogen-bond donors (Lipinski definition) is 1. The smallest absolute Gasteiger partial charge is 0.269 e. The van der Waals surface area contributed by atoms with Gasteiger partial charge in [0.2, 0.25) is 0 Å². The first-order valence-electron chi connectivity index (χ1n) is 7.92. The fraction of sp³-hybridized carbons (Fsp3) is 0.647. The highest BCUT2D eigenvalue weighted by molar-refractivity contribution is 5.35. The number of nitro benzene ring substituents is 1. The molecule has 4 heteroatoms. The third-order valence-electron chi connectivity index (χ3n) is 4.47. The molecule has 1 N–H and O–H groups in total. The summed E-state index contributed by atoms with van der Waals surface area (Å²) in [5.41, 5.74) is 1.63. The predicted octanol–water partition coefficient (Wildman–Crippen LogP) is 4.60. The van der Waals surface area contributed by atoms with Gasteiger partial charge in [0.1, 0.15) is 0 Å². The molecule has 0 bridgehead atoms. The summed E-state index contributed by atoms with van der Waals surface area (Å²) in [7, 11) is 0. The number of non-ortho nitro benzene ring substituents is 1. The van der Waals surface area contributed by atoms with Crippen molar-refractivity contribution in [1.82, 2.24) is 5.32 Å². The number of rotatable bonds is 6. The average Bonchev–Trinajstić information content (AvgIpc) is 2.77. The van der Waals surface area contributed by atoms with E-state index in [0.29, 0.717) is 11.5 Å². The number of nitro groups is 1. The molecule has 2 rings (SSSR count). The Bertz CT molecular complexity index is 499. The van der Waals surface area contributed by atoms with Crippen LogP contribution < -0.4 is 5.32 Å². The van der Waals surface area contributed by atoms with Gasteiger partial charge in [-0.05, 0) is 36.7 Å². The minimum Gasteiger partial charge on any atom is -0.307 e. The van der Waals surface area contributed by atoms with E-state index in [-0.39, 0.29) is 16.7 Å². The normalized spacial score (nSPS) is 22.1. The average molecular weight is 290 g/mol. The summed E-state index contributed by atoms with van der Waals surface area (Å²) in [6.07, 6.45) is 5.71. The summed E-state index contributed by atoms with van der Waals surface area (Å²) in [5.74, 6) is 0. The van der Waals surface area contributed by atoms with E-state index >= 15 is 0 Å². The van der Waals surface area contributed by atoms with Crippen molar-refractivity contribution in [2.75, 3.05) is 0 Å². The monoisotopic (exact) mass is 290 g/mol. The Hall–Kier alpha value is -1.42. The molecule has 1 aliphatic rings. The van der Waals surface area contributed by atoms with E-state index in [0.717, 1.165) is 18.4 Å². The Balaban J connectivity index is 2.11. The lowest BCUT2D eigenvalue weighted by atomic mass is 9.91.